The van der Waals surface area contributed by atoms with E-state index < -0.39 is 6.43 Å². The number of nitrogens with one attached hydrogen (secondary N) is 1. The van der Waals surface area contributed by atoms with Crippen molar-refractivity contribution in [1.29, 1.82) is 0 Å². The maximum absolute atomic E-state index is 11.9. The largest absolute Gasteiger partial charge is 0.395 e. The summed E-state index contributed by atoms with van der Waals surface area (Å²) >= 11 is 0. The molecule has 1 heterocycles. The Labute approximate surface area is 83.1 Å². The van der Waals surface area contributed by atoms with Gasteiger partial charge in [0.2, 0.25) is 0 Å². The lowest BCUT2D eigenvalue weighted by Crippen LogP contribution is -2.47. The monoisotopic (exact) mass is 208 g/mol. The number of alkyl halides is 2. The molecule has 0 aromatic heterocycles. The Bertz CT molecular complexity index is 156. The fourth-order valence-electron chi connectivity index (χ4n) is 1.82. The number of halogens is 2. The number of piperidine rings is 1. The highest BCUT2D eigenvalue weighted by atomic mass is 19.3. The molecule has 1 rings (SSSR count). The van der Waals surface area contributed by atoms with Crippen LogP contribution in [-0.4, -0.2) is 55.3 Å². The average Bonchev–Trinajstić information content (AvgIpc) is 2.16. The summed E-state index contributed by atoms with van der Waals surface area (Å²) in [5.74, 6) is 0. The molecule has 1 saturated heterocycles. The van der Waals surface area contributed by atoms with Crippen molar-refractivity contribution in [3.8, 4) is 0 Å². The minimum absolute atomic E-state index is 0.140. The highest BCUT2D eigenvalue weighted by molar-refractivity contribution is 4.78. The number of hydrogen-bond acceptors (Lipinski definition) is 3. The van der Waals surface area contributed by atoms with Crippen LogP contribution < -0.4 is 5.32 Å². The third-order valence-electron chi connectivity index (χ3n) is 2.48. The molecule has 3 nitrogen and oxygen atoms in total. The van der Waals surface area contributed by atoms with Gasteiger partial charge in [0.25, 0.3) is 6.43 Å². The van der Waals surface area contributed by atoms with Crippen molar-refractivity contribution in [2.75, 3.05) is 32.8 Å². The minimum atomic E-state index is -2.27. The zero-order chi connectivity index (χ0) is 10.4. The Balaban J connectivity index is 2.18. The maximum atomic E-state index is 11.9. The Kier molecular flexibility index (Phi) is 5.29. The smallest absolute Gasteiger partial charge is 0.250 e. The van der Waals surface area contributed by atoms with Crippen LogP contribution >= 0.6 is 0 Å². The van der Waals surface area contributed by atoms with Gasteiger partial charge in [-0.1, -0.05) is 0 Å². The van der Waals surface area contributed by atoms with Gasteiger partial charge in [-0.05, 0) is 19.4 Å². The molecule has 0 spiro atoms. The molecule has 1 fully saturated rings. The summed E-state index contributed by atoms with van der Waals surface area (Å²) in [6.07, 6.45) is -0.307. The van der Waals surface area contributed by atoms with E-state index in [-0.39, 0.29) is 19.2 Å². The first-order valence-corrected chi connectivity index (χ1v) is 5.07. The Morgan fingerprint density at radius 3 is 2.93 bits per heavy atom. The molecule has 1 aliphatic heterocycles. The summed E-state index contributed by atoms with van der Waals surface area (Å²) in [6.45, 7) is 2.30. The first-order chi connectivity index (χ1) is 6.72. The summed E-state index contributed by atoms with van der Waals surface area (Å²) in [6, 6.07) is 0.157. The molecule has 1 unspecified atom stereocenters. The van der Waals surface area contributed by atoms with Gasteiger partial charge >= 0.3 is 0 Å². The number of aliphatic hydroxyl groups excluding tert-OH is 1. The van der Waals surface area contributed by atoms with Crippen LogP contribution in [0.25, 0.3) is 0 Å². The zero-order valence-electron chi connectivity index (χ0n) is 8.25. The Morgan fingerprint density at radius 1 is 1.50 bits per heavy atom. The molecule has 1 aliphatic rings. The molecule has 84 valence electrons. The van der Waals surface area contributed by atoms with Gasteiger partial charge in [0.15, 0.2) is 0 Å². The van der Waals surface area contributed by atoms with Gasteiger partial charge in [0.1, 0.15) is 0 Å². The standard InChI is InChI=1S/C9H18F2N2O/c10-9(11)6-12-8-2-1-3-13(7-8)4-5-14/h8-9,12,14H,1-7H2. The summed E-state index contributed by atoms with van der Waals surface area (Å²) < 4.78 is 23.8. The van der Waals surface area contributed by atoms with E-state index in [4.69, 9.17) is 5.11 Å². The number of β-amino-alcohol motifs (C(OH)–C–C–N with tert-alkyl or cyclic N) is 1. The summed E-state index contributed by atoms with van der Waals surface area (Å²) in [5.41, 5.74) is 0. The van der Waals surface area contributed by atoms with Crippen LogP contribution in [0.5, 0.6) is 0 Å². The SMILES string of the molecule is OCCN1CCCC(NCC(F)F)C1. The van der Waals surface area contributed by atoms with Crippen molar-refractivity contribution in [3.63, 3.8) is 0 Å². The molecule has 1 atom stereocenters. The quantitative estimate of drug-likeness (QED) is 0.682. The van der Waals surface area contributed by atoms with E-state index in [9.17, 15) is 8.78 Å². The molecular weight excluding hydrogens is 190 g/mol. The van der Waals surface area contributed by atoms with E-state index in [2.05, 4.69) is 10.2 Å². The van der Waals surface area contributed by atoms with Crippen molar-refractivity contribution in [1.82, 2.24) is 10.2 Å². The van der Waals surface area contributed by atoms with Gasteiger partial charge in [-0.25, -0.2) is 8.78 Å². The molecule has 2 N–H and O–H groups in total. The molecule has 0 bridgehead atoms. The van der Waals surface area contributed by atoms with Crippen molar-refractivity contribution in [2.24, 2.45) is 0 Å². The highest BCUT2D eigenvalue weighted by Gasteiger charge is 2.19. The second kappa shape index (κ2) is 6.27. The van der Waals surface area contributed by atoms with Crippen LogP contribution in [0.3, 0.4) is 0 Å². The topological polar surface area (TPSA) is 35.5 Å². The van der Waals surface area contributed by atoms with Gasteiger partial charge in [-0.2, -0.15) is 0 Å². The molecule has 0 aromatic carbocycles. The average molecular weight is 208 g/mol. The number of nitrogens with zero attached hydrogens (tertiary/aromatic N) is 1. The Hall–Kier alpha value is -0.260. The van der Waals surface area contributed by atoms with Crippen molar-refractivity contribution < 1.29 is 13.9 Å². The molecule has 5 heteroatoms. The molecular formula is C9H18F2N2O. The number of hydrogen-bond donors (Lipinski definition) is 2. The molecule has 14 heavy (non-hydrogen) atoms. The van der Waals surface area contributed by atoms with E-state index in [1.165, 1.54) is 0 Å². The fourth-order valence-corrected chi connectivity index (χ4v) is 1.82. The predicted octanol–water partition coefficient (Wildman–Crippen LogP) is 0.298. The lowest BCUT2D eigenvalue weighted by Gasteiger charge is -2.32. The van der Waals surface area contributed by atoms with E-state index in [1.807, 2.05) is 0 Å². The van der Waals surface area contributed by atoms with Crippen LogP contribution in [0, 0.1) is 0 Å². The zero-order valence-corrected chi connectivity index (χ0v) is 8.25. The van der Waals surface area contributed by atoms with Crippen molar-refractivity contribution in [3.05, 3.63) is 0 Å². The molecule has 0 aromatic rings. The van der Waals surface area contributed by atoms with E-state index in [1.54, 1.807) is 0 Å². The summed E-state index contributed by atoms with van der Waals surface area (Å²) in [5, 5.41) is 11.6. The third kappa shape index (κ3) is 4.30. The van der Waals surface area contributed by atoms with Crippen molar-refractivity contribution in [2.45, 2.75) is 25.3 Å². The van der Waals surface area contributed by atoms with E-state index in [0.29, 0.717) is 6.54 Å². The second-order valence-corrected chi connectivity index (χ2v) is 3.66. The molecule has 0 amide bonds. The number of rotatable bonds is 5. The van der Waals surface area contributed by atoms with E-state index >= 15 is 0 Å². The lowest BCUT2D eigenvalue weighted by molar-refractivity contribution is 0.118. The summed E-state index contributed by atoms with van der Waals surface area (Å²) in [7, 11) is 0. The van der Waals surface area contributed by atoms with Crippen molar-refractivity contribution >= 4 is 0 Å². The number of aliphatic hydroxyl groups is 1. The van der Waals surface area contributed by atoms with Gasteiger partial charge in [-0.3, -0.25) is 4.90 Å². The van der Waals surface area contributed by atoms with Crippen LogP contribution in [0.1, 0.15) is 12.8 Å². The van der Waals surface area contributed by atoms with Crippen LogP contribution in [0.4, 0.5) is 8.78 Å². The molecule has 0 radical (unpaired) electrons. The minimum Gasteiger partial charge on any atom is -0.395 e. The fraction of sp³-hybridized carbons (Fsp3) is 1.00. The van der Waals surface area contributed by atoms with Gasteiger partial charge < -0.3 is 10.4 Å². The number of likely N-dealkylation sites (tertiary alicyclic amines) is 1. The van der Waals surface area contributed by atoms with Crippen LogP contribution in [-0.2, 0) is 0 Å². The van der Waals surface area contributed by atoms with Gasteiger partial charge in [0, 0.05) is 19.1 Å². The first kappa shape index (κ1) is 11.8. The first-order valence-electron chi connectivity index (χ1n) is 5.07. The summed E-state index contributed by atoms with van der Waals surface area (Å²) in [4.78, 5) is 2.10. The highest BCUT2D eigenvalue weighted by Crippen LogP contribution is 2.09. The molecule has 0 aliphatic carbocycles. The third-order valence-corrected chi connectivity index (χ3v) is 2.48. The van der Waals surface area contributed by atoms with E-state index in [0.717, 1.165) is 25.9 Å². The Morgan fingerprint density at radius 2 is 2.29 bits per heavy atom. The normalized spacial score (nSPS) is 24.4. The lowest BCUT2D eigenvalue weighted by atomic mass is 10.1. The van der Waals surface area contributed by atoms with Gasteiger partial charge in [0.05, 0.1) is 13.2 Å². The molecule has 0 saturated carbocycles. The van der Waals surface area contributed by atoms with Gasteiger partial charge in [-0.15, -0.1) is 0 Å². The maximum Gasteiger partial charge on any atom is 0.250 e. The van der Waals surface area contributed by atoms with Crippen LogP contribution in [0.2, 0.25) is 0 Å². The van der Waals surface area contributed by atoms with Crippen LogP contribution in [0.15, 0.2) is 0 Å². The predicted molar refractivity (Wildman–Crippen MR) is 50.6 cm³/mol. The second-order valence-electron chi connectivity index (χ2n) is 3.66.